The lowest BCUT2D eigenvalue weighted by Gasteiger charge is -2.43. The van der Waals surface area contributed by atoms with Crippen molar-refractivity contribution >= 4 is 35.6 Å². The van der Waals surface area contributed by atoms with E-state index in [0.29, 0.717) is 10.6 Å². The SMILES string of the molecule is COC(=O)C1(Cc2nnc(NC(=O)OC(C)(C)C)cc2N(C)C2CC2)C[C@@H](C(F)(F)F)CN(C(=O)OC(C)(C)C)C1=O. The first-order chi connectivity index (χ1) is 19.2. The third kappa shape index (κ3) is 7.79. The highest BCUT2D eigenvalue weighted by molar-refractivity contribution is 6.08. The minimum atomic E-state index is -4.86. The molecule has 2 aliphatic rings. The van der Waals surface area contributed by atoms with Gasteiger partial charge >= 0.3 is 24.3 Å². The molecule has 2 fully saturated rings. The number of nitrogens with one attached hydrogen (secondary N) is 1. The maximum absolute atomic E-state index is 14.2. The number of ether oxygens (including phenoxy) is 3. The molecule has 0 spiro atoms. The van der Waals surface area contributed by atoms with Crippen molar-refractivity contribution in [3.05, 3.63) is 11.8 Å². The number of carbonyl (C=O) groups is 4. The van der Waals surface area contributed by atoms with Crippen LogP contribution in [-0.4, -0.2) is 83.3 Å². The molecule has 42 heavy (non-hydrogen) atoms. The standard InChI is InChI=1S/C27H38F3N5O7/c1-24(2,3)41-22(38)31-19-11-18(34(7)16-9-10-16)17(32-33-19)13-26(21(37)40-8)12-15(27(28,29)30)14-35(20(26)36)23(39)42-25(4,5)6/h11,15-16H,9-10,12-14H2,1-8H3,(H,31,33,38)/t15-,26?/m1/s1. The lowest BCUT2D eigenvalue weighted by molar-refractivity contribution is -0.204. The van der Waals surface area contributed by atoms with Crippen LogP contribution in [0.4, 0.5) is 34.3 Å². The van der Waals surface area contributed by atoms with Crippen LogP contribution in [0, 0.1) is 11.3 Å². The van der Waals surface area contributed by atoms with Gasteiger partial charge in [0.25, 0.3) is 0 Å². The van der Waals surface area contributed by atoms with Crippen LogP contribution < -0.4 is 10.2 Å². The summed E-state index contributed by atoms with van der Waals surface area (Å²) in [6, 6.07) is 1.50. The average molecular weight is 602 g/mol. The third-order valence-corrected chi connectivity index (χ3v) is 6.73. The number of halogens is 3. The van der Waals surface area contributed by atoms with Crippen molar-refractivity contribution in [3.63, 3.8) is 0 Å². The fourth-order valence-corrected chi connectivity index (χ4v) is 4.67. The number of imide groups is 1. The largest absolute Gasteiger partial charge is 0.468 e. The van der Waals surface area contributed by atoms with Crippen LogP contribution in [0.2, 0.25) is 0 Å². The molecule has 1 saturated carbocycles. The number of piperidine rings is 1. The van der Waals surface area contributed by atoms with Crippen molar-refractivity contribution in [3.8, 4) is 0 Å². The highest BCUT2D eigenvalue weighted by atomic mass is 19.4. The number of rotatable bonds is 6. The lowest BCUT2D eigenvalue weighted by atomic mass is 9.71. The van der Waals surface area contributed by atoms with E-state index in [-0.39, 0.29) is 17.6 Å². The van der Waals surface area contributed by atoms with Gasteiger partial charge in [-0.05, 0) is 60.8 Å². The second-order valence-corrected chi connectivity index (χ2v) is 12.6. The molecule has 3 amide bonds. The highest BCUT2D eigenvalue weighted by Gasteiger charge is 2.61. The van der Waals surface area contributed by atoms with Gasteiger partial charge in [-0.1, -0.05) is 0 Å². The van der Waals surface area contributed by atoms with Crippen molar-refractivity contribution < 1.29 is 46.6 Å². The molecular formula is C27H38F3N5O7. The van der Waals surface area contributed by atoms with Crippen molar-refractivity contribution in [2.24, 2.45) is 11.3 Å². The fourth-order valence-electron chi connectivity index (χ4n) is 4.67. The number of methoxy groups -OCH3 is 1. The number of anilines is 2. The monoisotopic (exact) mass is 601 g/mol. The Morgan fingerprint density at radius 2 is 1.67 bits per heavy atom. The van der Waals surface area contributed by atoms with E-state index in [1.807, 2.05) is 0 Å². The predicted octanol–water partition coefficient (Wildman–Crippen LogP) is 4.47. The smallest absolute Gasteiger partial charge is 0.417 e. The van der Waals surface area contributed by atoms with Gasteiger partial charge in [0.1, 0.15) is 11.2 Å². The van der Waals surface area contributed by atoms with Crippen LogP contribution in [-0.2, 0) is 30.2 Å². The number of aromatic nitrogens is 2. The van der Waals surface area contributed by atoms with Gasteiger partial charge < -0.3 is 19.1 Å². The fraction of sp³-hybridized carbons (Fsp3) is 0.704. The van der Waals surface area contributed by atoms with Gasteiger partial charge in [0.2, 0.25) is 5.91 Å². The zero-order valence-corrected chi connectivity index (χ0v) is 25.0. The zero-order valence-electron chi connectivity index (χ0n) is 25.0. The van der Waals surface area contributed by atoms with Crippen LogP contribution >= 0.6 is 0 Å². The minimum absolute atomic E-state index is 0.00449. The van der Waals surface area contributed by atoms with Crippen LogP contribution in [0.3, 0.4) is 0 Å². The molecule has 1 aromatic rings. The Morgan fingerprint density at radius 3 is 2.17 bits per heavy atom. The van der Waals surface area contributed by atoms with Crippen molar-refractivity contribution in [2.75, 3.05) is 30.9 Å². The summed E-state index contributed by atoms with van der Waals surface area (Å²) >= 11 is 0. The maximum atomic E-state index is 14.2. The Hall–Kier alpha value is -3.65. The molecule has 1 saturated heterocycles. The van der Waals surface area contributed by atoms with Gasteiger partial charge in [0.05, 0.1) is 24.4 Å². The van der Waals surface area contributed by atoms with Gasteiger partial charge in [-0.15, -0.1) is 5.10 Å². The topological polar surface area (TPSA) is 140 Å². The number of nitrogens with zero attached hydrogens (tertiary/aromatic N) is 4. The summed E-state index contributed by atoms with van der Waals surface area (Å²) in [5.41, 5.74) is -4.07. The van der Waals surface area contributed by atoms with Gasteiger partial charge in [0, 0.05) is 32.1 Å². The summed E-state index contributed by atoms with van der Waals surface area (Å²) < 4.78 is 57.9. The molecule has 12 nitrogen and oxygen atoms in total. The normalized spacial score (nSPS) is 21.5. The van der Waals surface area contributed by atoms with Gasteiger partial charge in [-0.2, -0.15) is 18.3 Å². The van der Waals surface area contributed by atoms with Crippen molar-refractivity contribution in [1.82, 2.24) is 15.1 Å². The molecular weight excluding hydrogens is 563 g/mol. The van der Waals surface area contributed by atoms with E-state index in [1.165, 1.54) is 26.8 Å². The van der Waals surface area contributed by atoms with Gasteiger partial charge in [-0.3, -0.25) is 14.9 Å². The molecule has 0 aromatic carbocycles. The molecule has 0 radical (unpaired) electrons. The minimum Gasteiger partial charge on any atom is -0.468 e. The summed E-state index contributed by atoms with van der Waals surface area (Å²) in [7, 11) is 2.66. The number of amides is 3. The quantitative estimate of drug-likeness (QED) is 0.282. The Morgan fingerprint density at radius 1 is 1.07 bits per heavy atom. The maximum Gasteiger partial charge on any atom is 0.417 e. The molecule has 2 heterocycles. The van der Waals surface area contributed by atoms with Crippen LogP contribution in [0.5, 0.6) is 0 Å². The van der Waals surface area contributed by atoms with Crippen LogP contribution in [0.1, 0.15) is 66.5 Å². The molecule has 1 aromatic heterocycles. The van der Waals surface area contributed by atoms with E-state index in [1.54, 1.807) is 32.7 Å². The van der Waals surface area contributed by atoms with Crippen LogP contribution in [0.15, 0.2) is 6.07 Å². The number of hydrogen-bond donors (Lipinski definition) is 1. The molecule has 1 aliphatic carbocycles. The highest BCUT2D eigenvalue weighted by Crippen LogP contribution is 2.46. The van der Waals surface area contributed by atoms with E-state index < -0.39 is 72.2 Å². The number of hydrogen-bond acceptors (Lipinski definition) is 10. The zero-order chi connectivity index (χ0) is 31.8. The average Bonchev–Trinajstić information content (AvgIpc) is 3.67. The van der Waals surface area contributed by atoms with E-state index in [0.717, 1.165) is 20.0 Å². The number of alkyl halides is 3. The Balaban J connectivity index is 2.09. The number of likely N-dealkylation sites (tertiary alicyclic amines) is 1. The van der Waals surface area contributed by atoms with E-state index >= 15 is 0 Å². The first-order valence-electron chi connectivity index (χ1n) is 13.5. The first kappa shape index (κ1) is 32.9. The molecule has 1 aliphatic heterocycles. The van der Waals surface area contributed by atoms with Gasteiger partial charge in [0.15, 0.2) is 11.2 Å². The number of esters is 1. The van der Waals surface area contributed by atoms with Gasteiger partial charge in [-0.25, -0.2) is 14.5 Å². The third-order valence-electron chi connectivity index (χ3n) is 6.73. The van der Waals surface area contributed by atoms with E-state index in [9.17, 15) is 32.3 Å². The van der Waals surface area contributed by atoms with Crippen molar-refractivity contribution in [1.29, 1.82) is 0 Å². The van der Waals surface area contributed by atoms with Crippen LogP contribution in [0.25, 0.3) is 0 Å². The van der Waals surface area contributed by atoms with Crippen molar-refractivity contribution in [2.45, 2.75) is 90.6 Å². The summed E-state index contributed by atoms with van der Waals surface area (Å²) in [4.78, 5) is 54.5. The number of carbonyl (C=O) groups excluding carboxylic acids is 4. The first-order valence-corrected chi connectivity index (χ1v) is 13.5. The molecule has 1 unspecified atom stereocenters. The summed E-state index contributed by atoms with van der Waals surface area (Å²) in [5.74, 6) is -4.71. The van der Waals surface area contributed by atoms with E-state index in [4.69, 9.17) is 14.2 Å². The molecule has 15 heteroatoms. The molecule has 234 valence electrons. The lowest BCUT2D eigenvalue weighted by Crippen LogP contribution is -2.61. The Bertz CT molecular complexity index is 1220. The molecule has 0 bridgehead atoms. The predicted molar refractivity (Wildman–Crippen MR) is 144 cm³/mol. The second kappa shape index (κ2) is 11.6. The summed E-state index contributed by atoms with van der Waals surface area (Å²) in [5, 5.41) is 10.6. The summed E-state index contributed by atoms with van der Waals surface area (Å²) in [6.45, 7) is 8.50. The molecule has 1 N–H and O–H groups in total. The summed E-state index contributed by atoms with van der Waals surface area (Å²) in [6.07, 6.45) is -6.98. The second-order valence-electron chi connectivity index (χ2n) is 12.6. The Kier molecular flexibility index (Phi) is 9.04. The molecule has 2 atom stereocenters. The van der Waals surface area contributed by atoms with E-state index in [2.05, 4.69) is 15.5 Å². The Labute approximate surface area is 242 Å². The molecule has 3 rings (SSSR count).